The summed E-state index contributed by atoms with van der Waals surface area (Å²) in [6.07, 6.45) is 1.99. The zero-order valence-electron chi connectivity index (χ0n) is 9.42. The number of benzene rings is 1. The van der Waals surface area contributed by atoms with Crippen LogP contribution in [0.25, 0.3) is 6.08 Å². The number of aliphatic hydroxyl groups is 1. The van der Waals surface area contributed by atoms with E-state index in [1.807, 2.05) is 30.3 Å². The smallest absolute Gasteiger partial charge is 0.0650 e. The number of rotatable bonds is 2. The van der Waals surface area contributed by atoms with Crippen molar-refractivity contribution in [2.75, 3.05) is 6.61 Å². The fourth-order valence-electron chi connectivity index (χ4n) is 1.30. The first kappa shape index (κ1) is 12.3. The highest BCUT2D eigenvalue weighted by Gasteiger charge is 2.15. The largest absolute Gasteiger partial charge is 0.392 e. The maximum Gasteiger partial charge on any atom is 0.0650 e. The first-order chi connectivity index (χ1) is 6.93. The van der Waals surface area contributed by atoms with E-state index in [1.54, 1.807) is 0 Å². The van der Waals surface area contributed by atoms with Gasteiger partial charge in [0, 0.05) is 5.02 Å². The maximum absolute atomic E-state index is 9.29. The van der Waals surface area contributed by atoms with Gasteiger partial charge in [0.15, 0.2) is 0 Å². The Hall–Kier alpha value is -0.790. The summed E-state index contributed by atoms with van der Waals surface area (Å²) in [6.45, 7) is 6.33. The Labute approximate surface area is 96.4 Å². The van der Waals surface area contributed by atoms with Crippen molar-refractivity contribution in [1.29, 1.82) is 0 Å². The molecule has 0 unspecified atom stereocenters. The van der Waals surface area contributed by atoms with Gasteiger partial charge in [-0.25, -0.2) is 0 Å². The second kappa shape index (κ2) is 4.82. The second-order valence-electron chi connectivity index (χ2n) is 4.63. The topological polar surface area (TPSA) is 20.2 Å². The van der Waals surface area contributed by atoms with E-state index in [0.717, 1.165) is 16.2 Å². The van der Waals surface area contributed by atoms with Crippen LogP contribution in [-0.4, -0.2) is 11.7 Å². The fourth-order valence-corrected chi connectivity index (χ4v) is 1.50. The summed E-state index contributed by atoms with van der Waals surface area (Å²) in [6, 6.07) is 7.62. The van der Waals surface area contributed by atoms with Gasteiger partial charge in [-0.15, -0.1) is 0 Å². The molecule has 0 saturated heterocycles. The molecule has 82 valence electrons. The average molecular weight is 225 g/mol. The molecule has 0 radical (unpaired) electrons. The molecule has 1 rings (SSSR count). The van der Waals surface area contributed by atoms with Crippen molar-refractivity contribution in [2.24, 2.45) is 5.41 Å². The molecule has 1 aromatic carbocycles. The van der Waals surface area contributed by atoms with Crippen molar-refractivity contribution in [3.63, 3.8) is 0 Å². The van der Waals surface area contributed by atoms with Crippen LogP contribution in [0.5, 0.6) is 0 Å². The van der Waals surface area contributed by atoms with E-state index < -0.39 is 0 Å². The van der Waals surface area contributed by atoms with Gasteiger partial charge >= 0.3 is 0 Å². The van der Waals surface area contributed by atoms with Gasteiger partial charge in [-0.1, -0.05) is 50.6 Å². The van der Waals surface area contributed by atoms with E-state index in [-0.39, 0.29) is 12.0 Å². The molecular weight excluding hydrogens is 208 g/mol. The summed E-state index contributed by atoms with van der Waals surface area (Å²) < 4.78 is 0. The van der Waals surface area contributed by atoms with Crippen LogP contribution in [0.4, 0.5) is 0 Å². The molecule has 0 aliphatic rings. The zero-order chi connectivity index (χ0) is 11.5. The molecule has 0 heterocycles. The molecule has 1 N–H and O–H groups in total. The minimum atomic E-state index is -0.0168. The normalized spacial score (nSPS) is 13.0. The van der Waals surface area contributed by atoms with Crippen LogP contribution in [0.1, 0.15) is 26.3 Å². The van der Waals surface area contributed by atoms with Crippen molar-refractivity contribution in [1.82, 2.24) is 0 Å². The third-order valence-corrected chi connectivity index (χ3v) is 2.56. The molecule has 0 amide bonds. The van der Waals surface area contributed by atoms with Crippen LogP contribution < -0.4 is 0 Å². The van der Waals surface area contributed by atoms with E-state index in [9.17, 15) is 5.11 Å². The lowest BCUT2D eigenvalue weighted by atomic mass is 9.86. The summed E-state index contributed by atoms with van der Waals surface area (Å²) in [5.41, 5.74) is 2.02. The van der Waals surface area contributed by atoms with Gasteiger partial charge in [-0.05, 0) is 28.7 Å². The highest BCUT2D eigenvalue weighted by molar-refractivity contribution is 6.30. The third kappa shape index (κ3) is 3.69. The van der Waals surface area contributed by atoms with Crippen LogP contribution in [0.2, 0.25) is 5.02 Å². The Morgan fingerprint density at radius 3 is 2.53 bits per heavy atom. The molecule has 0 spiro atoms. The van der Waals surface area contributed by atoms with Crippen LogP contribution in [0.3, 0.4) is 0 Å². The average Bonchev–Trinajstić information content (AvgIpc) is 2.12. The van der Waals surface area contributed by atoms with Crippen LogP contribution in [-0.2, 0) is 0 Å². The number of hydrogen-bond acceptors (Lipinski definition) is 1. The highest BCUT2D eigenvalue weighted by atomic mass is 35.5. The van der Waals surface area contributed by atoms with Gasteiger partial charge in [0.2, 0.25) is 0 Å². The summed E-state index contributed by atoms with van der Waals surface area (Å²) >= 11 is 5.89. The van der Waals surface area contributed by atoms with Crippen LogP contribution in [0.15, 0.2) is 29.8 Å². The Morgan fingerprint density at radius 1 is 1.40 bits per heavy atom. The molecule has 0 bridgehead atoms. The van der Waals surface area contributed by atoms with Crippen LogP contribution >= 0.6 is 11.6 Å². The molecule has 1 aromatic rings. The van der Waals surface area contributed by atoms with E-state index in [2.05, 4.69) is 20.8 Å². The maximum atomic E-state index is 9.29. The first-order valence-electron chi connectivity index (χ1n) is 5.01. The Morgan fingerprint density at radius 2 is 2.07 bits per heavy atom. The van der Waals surface area contributed by atoms with E-state index in [0.29, 0.717) is 0 Å². The molecule has 2 heteroatoms. The minimum absolute atomic E-state index is 0.0168. The summed E-state index contributed by atoms with van der Waals surface area (Å²) in [5, 5.41) is 10.0. The fraction of sp³-hybridized carbons (Fsp3) is 0.385. The standard InChI is InChI=1S/C13H17ClO/c1-13(2,3)11(9-15)7-10-5-4-6-12(14)8-10/h4-8,15H,9H2,1-3H3/b11-7+. The molecule has 15 heavy (non-hydrogen) atoms. The van der Waals surface area contributed by atoms with Crippen molar-refractivity contribution >= 4 is 17.7 Å². The molecule has 0 aliphatic heterocycles. The van der Waals surface area contributed by atoms with Crippen LogP contribution in [0, 0.1) is 5.41 Å². The monoisotopic (exact) mass is 224 g/mol. The van der Waals surface area contributed by atoms with Gasteiger partial charge in [-0.3, -0.25) is 0 Å². The lowest BCUT2D eigenvalue weighted by Gasteiger charge is -2.21. The summed E-state index contributed by atoms with van der Waals surface area (Å²) in [5.74, 6) is 0. The lowest BCUT2D eigenvalue weighted by Crippen LogP contribution is -2.12. The first-order valence-corrected chi connectivity index (χ1v) is 5.39. The Balaban J connectivity index is 3.04. The predicted molar refractivity (Wildman–Crippen MR) is 66.0 cm³/mol. The molecule has 1 nitrogen and oxygen atoms in total. The molecular formula is C13H17ClO. The zero-order valence-corrected chi connectivity index (χ0v) is 10.2. The SMILES string of the molecule is CC(C)(C)/C(=C/c1cccc(Cl)c1)CO. The van der Waals surface area contributed by atoms with Crippen molar-refractivity contribution in [3.8, 4) is 0 Å². The summed E-state index contributed by atoms with van der Waals surface area (Å²) in [7, 11) is 0. The molecule has 0 aliphatic carbocycles. The quantitative estimate of drug-likeness (QED) is 0.811. The van der Waals surface area contributed by atoms with Gasteiger partial charge in [-0.2, -0.15) is 0 Å². The second-order valence-corrected chi connectivity index (χ2v) is 5.07. The van der Waals surface area contributed by atoms with Gasteiger partial charge < -0.3 is 5.11 Å². The lowest BCUT2D eigenvalue weighted by molar-refractivity contribution is 0.298. The summed E-state index contributed by atoms with van der Waals surface area (Å²) in [4.78, 5) is 0. The van der Waals surface area contributed by atoms with Gasteiger partial charge in [0.1, 0.15) is 0 Å². The van der Waals surface area contributed by atoms with Gasteiger partial charge in [0.05, 0.1) is 6.61 Å². The van der Waals surface area contributed by atoms with Gasteiger partial charge in [0.25, 0.3) is 0 Å². The minimum Gasteiger partial charge on any atom is -0.392 e. The van der Waals surface area contributed by atoms with E-state index in [1.165, 1.54) is 0 Å². The molecule has 0 fully saturated rings. The Bertz CT molecular complexity index is 361. The number of hydrogen-bond donors (Lipinski definition) is 1. The van der Waals surface area contributed by atoms with E-state index in [4.69, 9.17) is 11.6 Å². The van der Waals surface area contributed by atoms with Crippen molar-refractivity contribution < 1.29 is 5.11 Å². The van der Waals surface area contributed by atoms with Crippen molar-refractivity contribution in [3.05, 3.63) is 40.4 Å². The van der Waals surface area contributed by atoms with E-state index >= 15 is 0 Å². The third-order valence-electron chi connectivity index (χ3n) is 2.32. The Kier molecular flexibility index (Phi) is 3.95. The molecule has 0 atom stereocenters. The molecule has 0 saturated carbocycles. The number of aliphatic hydroxyl groups excluding tert-OH is 1. The predicted octanol–water partition coefficient (Wildman–Crippen LogP) is 3.76. The van der Waals surface area contributed by atoms with Crippen molar-refractivity contribution in [2.45, 2.75) is 20.8 Å². The molecule has 0 aromatic heterocycles. The highest BCUT2D eigenvalue weighted by Crippen LogP contribution is 2.27. The number of halogens is 1.